The third kappa shape index (κ3) is 6.79. The molecule has 0 aliphatic rings. The fraction of sp³-hybridized carbons (Fsp3) is 0.357. The highest BCUT2D eigenvalue weighted by atomic mass is 33.1. The van der Waals surface area contributed by atoms with Crippen LogP contribution >= 0.6 is 21.6 Å². The molecule has 1 unspecified atom stereocenters. The first-order valence-electron chi connectivity index (χ1n) is 6.78. The molecule has 10 heteroatoms. The number of carbonyl (C=O) groups excluding carboxylic acids is 1. The number of rotatable bonds is 10. The molecule has 0 fully saturated rings. The van der Waals surface area contributed by atoms with Gasteiger partial charge in [-0.1, -0.05) is 51.9 Å². The van der Waals surface area contributed by atoms with E-state index < -0.39 is 35.2 Å². The molecule has 3 atom stereocenters. The molecule has 0 heterocycles. The summed E-state index contributed by atoms with van der Waals surface area (Å²) in [5, 5.41) is 16.5. The van der Waals surface area contributed by atoms with Crippen molar-refractivity contribution in [3.8, 4) is 0 Å². The van der Waals surface area contributed by atoms with Crippen LogP contribution in [0.4, 0.5) is 0 Å². The minimum Gasteiger partial charge on any atom is -0.480 e. The quantitative estimate of drug-likeness (QED) is 0.332. The van der Waals surface area contributed by atoms with Gasteiger partial charge in [-0.05, 0) is 5.56 Å². The topological polar surface area (TPSA) is 153 Å². The van der Waals surface area contributed by atoms with E-state index in [4.69, 9.17) is 26.4 Å². The normalized spacial score (nSPS) is 14.4. The molecule has 24 heavy (non-hydrogen) atoms. The number of benzene rings is 1. The lowest BCUT2D eigenvalue weighted by Gasteiger charge is -2.19. The van der Waals surface area contributed by atoms with Crippen molar-refractivity contribution in [2.75, 3.05) is 5.75 Å². The second kappa shape index (κ2) is 10.2. The molecule has 0 spiro atoms. The van der Waals surface area contributed by atoms with Crippen LogP contribution in [0.5, 0.6) is 0 Å². The first-order chi connectivity index (χ1) is 11.3. The lowest BCUT2D eigenvalue weighted by molar-refractivity contribution is -0.149. The molecule has 0 radical (unpaired) electrons. The van der Waals surface area contributed by atoms with Crippen LogP contribution in [0.2, 0.25) is 0 Å². The molecule has 1 aromatic rings. The Morgan fingerprint density at radius 1 is 1.08 bits per heavy atom. The van der Waals surface area contributed by atoms with Crippen LogP contribution < -0.4 is 11.5 Å². The molecule has 0 aliphatic carbocycles. The molecule has 8 nitrogen and oxygen atoms in total. The average Bonchev–Trinajstić information content (AvgIpc) is 2.56. The third-order valence-corrected chi connectivity index (χ3v) is 5.57. The first kappa shape index (κ1) is 20.3. The van der Waals surface area contributed by atoms with Gasteiger partial charge in [0, 0.05) is 5.75 Å². The van der Waals surface area contributed by atoms with Crippen molar-refractivity contribution < 1.29 is 29.3 Å². The highest BCUT2D eigenvalue weighted by molar-refractivity contribution is 8.77. The van der Waals surface area contributed by atoms with Crippen molar-refractivity contribution in [2.45, 2.75) is 23.9 Å². The van der Waals surface area contributed by atoms with Gasteiger partial charge in [-0.15, -0.1) is 0 Å². The SMILES string of the molecule is N[C@H](C(=O)O)C(SSC[C@H](N)C(=O)O)C(=O)OCc1ccccc1. The number of nitrogens with two attached hydrogens (primary N) is 2. The summed E-state index contributed by atoms with van der Waals surface area (Å²) in [6, 6.07) is 6.28. The van der Waals surface area contributed by atoms with Crippen LogP contribution in [-0.2, 0) is 25.7 Å². The predicted octanol–water partition coefficient (Wildman–Crippen LogP) is 0.304. The van der Waals surface area contributed by atoms with Crippen LogP contribution in [0.3, 0.4) is 0 Å². The van der Waals surface area contributed by atoms with Crippen molar-refractivity contribution in [1.29, 1.82) is 0 Å². The van der Waals surface area contributed by atoms with Gasteiger partial charge in [0.1, 0.15) is 23.9 Å². The van der Waals surface area contributed by atoms with Gasteiger partial charge in [-0.25, -0.2) is 0 Å². The Kier molecular flexibility index (Phi) is 8.61. The van der Waals surface area contributed by atoms with Crippen molar-refractivity contribution >= 4 is 39.5 Å². The van der Waals surface area contributed by atoms with Crippen LogP contribution in [0.15, 0.2) is 30.3 Å². The Hall–Kier alpha value is -1.75. The first-order valence-corrected chi connectivity index (χ1v) is 9.16. The molecular weight excluding hydrogens is 356 g/mol. The Labute approximate surface area is 146 Å². The van der Waals surface area contributed by atoms with Gasteiger partial charge in [0.2, 0.25) is 0 Å². The Bertz CT molecular complexity index is 572. The van der Waals surface area contributed by atoms with Crippen LogP contribution in [0.25, 0.3) is 0 Å². The summed E-state index contributed by atoms with van der Waals surface area (Å²) in [6.45, 7) is -0.0115. The minimum absolute atomic E-state index is 0.00515. The van der Waals surface area contributed by atoms with E-state index in [1.807, 2.05) is 6.07 Å². The van der Waals surface area contributed by atoms with Crippen LogP contribution in [-0.4, -0.2) is 51.2 Å². The second-order valence-corrected chi connectivity index (χ2v) is 7.26. The van der Waals surface area contributed by atoms with E-state index in [1.54, 1.807) is 24.3 Å². The van der Waals surface area contributed by atoms with Crippen LogP contribution in [0, 0.1) is 0 Å². The van der Waals surface area contributed by atoms with Crippen LogP contribution in [0.1, 0.15) is 5.56 Å². The van der Waals surface area contributed by atoms with E-state index in [0.717, 1.165) is 27.2 Å². The van der Waals surface area contributed by atoms with Gasteiger partial charge in [-0.2, -0.15) is 0 Å². The van der Waals surface area contributed by atoms with Gasteiger partial charge < -0.3 is 26.4 Å². The standard InChI is InChI=1S/C14H18N2O6S2/c15-9(12(17)18)7-23-24-11(10(16)13(19)20)14(21)22-6-8-4-2-1-3-5-8/h1-5,9-11H,6-7,15-16H2,(H,17,18)(H,19,20)/t9-,10-,11?/m0/s1. The molecule has 1 rings (SSSR count). The maximum absolute atomic E-state index is 12.1. The zero-order valence-corrected chi connectivity index (χ0v) is 14.2. The average molecular weight is 374 g/mol. The van der Waals surface area contributed by atoms with Gasteiger partial charge in [0.05, 0.1) is 0 Å². The van der Waals surface area contributed by atoms with E-state index in [-0.39, 0.29) is 12.4 Å². The van der Waals surface area contributed by atoms with Crippen molar-refractivity contribution in [2.24, 2.45) is 11.5 Å². The summed E-state index contributed by atoms with van der Waals surface area (Å²) in [4.78, 5) is 33.8. The summed E-state index contributed by atoms with van der Waals surface area (Å²) in [5.41, 5.74) is 11.6. The monoisotopic (exact) mass is 374 g/mol. The number of hydrogen-bond acceptors (Lipinski definition) is 8. The minimum atomic E-state index is -1.48. The maximum Gasteiger partial charge on any atom is 0.322 e. The van der Waals surface area contributed by atoms with Gasteiger partial charge in [0.25, 0.3) is 0 Å². The highest BCUT2D eigenvalue weighted by Gasteiger charge is 2.33. The predicted molar refractivity (Wildman–Crippen MR) is 91.3 cm³/mol. The molecule has 1 aromatic carbocycles. The molecule has 0 aromatic heterocycles. The molecule has 132 valence electrons. The number of carboxylic acid groups (broad SMARTS) is 2. The Balaban J connectivity index is 2.61. The van der Waals surface area contributed by atoms with E-state index >= 15 is 0 Å². The number of carboxylic acids is 2. The highest BCUT2D eigenvalue weighted by Crippen LogP contribution is 2.30. The summed E-state index contributed by atoms with van der Waals surface area (Å²) in [5.74, 6) is -3.33. The third-order valence-electron chi connectivity index (χ3n) is 2.80. The number of esters is 1. The summed E-state index contributed by atoms with van der Waals surface area (Å²) < 4.78 is 5.10. The summed E-state index contributed by atoms with van der Waals surface area (Å²) in [6.07, 6.45) is 0. The molecular formula is C14H18N2O6S2. The van der Waals surface area contributed by atoms with Crippen molar-refractivity contribution in [3.63, 3.8) is 0 Å². The summed E-state index contributed by atoms with van der Waals surface area (Å²) in [7, 11) is 1.80. The molecule has 0 amide bonds. The zero-order valence-electron chi connectivity index (χ0n) is 12.5. The van der Waals surface area contributed by atoms with E-state index in [9.17, 15) is 14.4 Å². The lowest BCUT2D eigenvalue weighted by Crippen LogP contribution is -2.45. The Morgan fingerprint density at radius 3 is 2.25 bits per heavy atom. The number of ether oxygens (including phenoxy) is 1. The summed E-state index contributed by atoms with van der Waals surface area (Å²) >= 11 is 0. The largest absolute Gasteiger partial charge is 0.480 e. The number of carbonyl (C=O) groups is 3. The molecule has 0 bridgehead atoms. The molecule has 0 saturated carbocycles. The van der Waals surface area contributed by atoms with E-state index in [1.165, 1.54) is 0 Å². The molecule has 0 saturated heterocycles. The van der Waals surface area contributed by atoms with Crippen molar-refractivity contribution in [3.05, 3.63) is 35.9 Å². The maximum atomic E-state index is 12.1. The second-order valence-electron chi connectivity index (χ2n) is 4.70. The molecule has 0 aliphatic heterocycles. The van der Waals surface area contributed by atoms with E-state index in [2.05, 4.69) is 0 Å². The smallest absolute Gasteiger partial charge is 0.322 e. The fourth-order valence-electron chi connectivity index (χ4n) is 1.44. The zero-order chi connectivity index (χ0) is 18.1. The molecule has 6 N–H and O–H groups in total. The Morgan fingerprint density at radius 2 is 1.71 bits per heavy atom. The number of aliphatic carboxylic acids is 2. The van der Waals surface area contributed by atoms with Crippen molar-refractivity contribution in [1.82, 2.24) is 0 Å². The fourth-order valence-corrected chi connectivity index (χ4v) is 4.05. The van der Waals surface area contributed by atoms with Gasteiger partial charge >= 0.3 is 17.9 Å². The van der Waals surface area contributed by atoms with E-state index in [0.29, 0.717) is 0 Å². The lowest BCUT2D eigenvalue weighted by atomic mass is 10.2. The van der Waals surface area contributed by atoms with Gasteiger partial charge in [-0.3, -0.25) is 14.4 Å². The number of hydrogen-bond donors (Lipinski definition) is 4. The van der Waals surface area contributed by atoms with Gasteiger partial charge in [0.15, 0.2) is 0 Å².